The molecule has 3 rings (SSSR count). The Hall–Kier alpha value is -2.78. The van der Waals surface area contributed by atoms with Crippen LogP contribution in [0, 0.1) is 11.7 Å². The quantitative estimate of drug-likeness (QED) is 0.712. The molecule has 2 aromatic rings. The number of para-hydroxylation sites is 1. The third-order valence-electron chi connectivity index (χ3n) is 5.06. The van der Waals surface area contributed by atoms with Crippen LogP contribution in [0.2, 0.25) is 0 Å². The second-order valence-electron chi connectivity index (χ2n) is 7.82. The average molecular weight is 448 g/mol. The summed E-state index contributed by atoms with van der Waals surface area (Å²) in [4.78, 5) is 25.3. The predicted molar refractivity (Wildman–Crippen MR) is 116 cm³/mol. The lowest BCUT2D eigenvalue weighted by Crippen LogP contribution is -2.43. The fourth-order valence-corrected chi connectivity index (χ4v) is 5.02. The van der Waals surface area contributed by atoms with Gasteiger partial charge in [0.2, 0.25) is 15.9 Å². The van der Waals surface area contributed by atoms with Gasteiger partial charge in [0.15, 0.2) is 0 Å². The van der Waals surface area contributed by atoms with Crippen molar-refractivity contribution in [1.82, 2.24) is 9.62 Å². The first-order valence-electron chi connectivity index (χ1n) is 10.1. The maximum Gasteiger partial charge on any atom is 0.253 e. The lowest BCUT2D eigenvalue weighted by molar-refractivity contribution is -0.120. The normalized spacial score (nSPS) is 17.4. The molecular formula is C22H26FN3O4S. The molecule has 2 N–H and O–H groups in total. The van der Waals surface area contributed by atoms with Crippen LogP contribution >= 0.6 is 0 Å². The molecule has 1 aliphatic heterocycles. The van der Waals surface area contributed by atoms with E-state index in [1.807, 2.05) is 13.8 Å². The molecule has 9 heteroatoms. The molecule has 0 bridgehead atoms. The Kier molecular flexibility index (Phi) is 7.07. The van der Waals surface area contributed by atoms with E-state index in [4.69, 9.17) is 0 Å². The summed E-state index contributed by atoms with van der Waals surface area (Å²) in [6.07, 6.45) is 1.05. The van der Waals surface area contributed by atoms with Crippen LogP contribution < -0.4 is 10.6 Å². The van der Waals surface area contributed by atoms with E-state index in [1.165, 1.54) is 16.4 Å². The van der Waals surface area contributed by atoms with Gasteiger partial charge in [-0.25, -0.2) is 12.8 Å². The molecule has 7 nitrogen and oxygen atoms in total. The zero-order valence-electron chi connectivity index (χ0n) is 17.5. The first-order valence-corrected chi connectivity index (χ1v) is 11.6. The Labute approximate surface area is 181 Å². The molecule has 2 amide bonds. The van der Waals surface area contributed by atoms with Crippen molar-refractivity contribution in [3.05, 3.63) is 59.9 Å². The van der Waals surface area contributed by atoms with E-state index < -0.39 is 21.8 Å². The molecule has 1 saturated heterocycles. The monoisotopic (exact) mass is 447 g/mol. The molecule has 0 spiro atoms. The van der Waals surface area contributed by atoms with Crippen molar-refractivity contribution in [3.8, 4) is 0 Å². The standard InChI is InChI=1S/C22H26FN3O4S/c1-15(2)24-22(28)19-7-3-4-8-20(19)25-21(27)16-6-5-13-26(14-16)31(29,30)18-11-9-17(23)10-12-18/h3-4,7-12,15-16H,5-6,13-14H2,1-2H3,(H,24,28)(H,25,27). The van der Waals surface area contributed by atoms with Gasteiger partial charge in [-0.1, -0.05) is 12.1 Å². The Balaban J connectivity index is 1.74. The van der Waals surface area contributed by atoms with E-state index in [0.717, 1.165) is 12.1 Å². The molecule has 0 aliphatic carbocycles. The number of amides is 2. The van der Waals surface area contributed by atoms with Crippen molar-refractivity contribution in [1.29, 1.82) is 0 Å². The van der Waals surface area contributed by atoms with Gasteiger partial charge in [-0.3, -0.25) is 9.59 Å². The number of benzene rings is 2. The van der Waals surface area contributed by atoms with E-state index >= 15 is 0 Å². The lowest BCUT2D eigenvalue weighted by Gasteiger charge is -2.31. The second-order valence-corrected chi connectivity index (χ2v) is 9.76. The summed E-state index contributed by atoms with van der Waals surface area (Å²) in [5.41, 5.74) is 0.723. The maximum atomic E-state index is 13.2. The molecule has 2 aromatic carbocycles. The number of nitrogens with one attached hydrogen (secondary N) is 2. The highest BCUT2D eigenvalue weighted by Gasteiger charge is 2.33. The molecule has 1 atom stereocenters. The molecule has 31 heavy (non-hydrogen) atoms. The summed E-state index contributed by atoms with van der Waals surface area (Å²) < 4.78 is 40.2. The van der Waals surface area contributed by atoms with Crippen LogP contribution in [0.4, 0.5) is 10.1 Å². The van der Waals surface area contributed by atoms with Crippen LogP contribution in [0.1, 0.15) is 37.0 Å². The van der Waals surface area contributed by atoms with Gasteiger partial charge in [-0.05, 0) is 63.1 Å². The highest BCUT2D eigenvalue weighted by Crippen LogP contribution is 2.25. The Morgan fingerprint density at radius 1 is 1.10 bits per heavy atom. The molecule has 1 unspecified atom stereocenters. The number of rotatable bonds is 6. The summed E-state index contributed by atoms with van der Waals surface area (Å²) in [6, 6.07) is 11.3. The number of nitrogens with zero attached hydrogens (tertiary/aromatic N) is 1. The van der Waals surface area contributed by atoms with Crippen molar-refractivity contribution in [2.75, 3.05) is 18.4 Å². The molecule has 1 fully saturated rings. The number of carbonyl (C=O) groups is 2. The largest absolute Gasteiger partial charge is 0.350 e. The molecule has 0 radical (unpaired) electrons. The van der Waals surface area contributed by atoms with Gasteiger partial charge in [0, 0.05) is 19.1 Å². The van der Waals surface area contributed by atoms with Crippen LogP contribution in [0.5, 0.6) is 0 Å². The van der Waals surface area contributed by atoms with Crippen molar-refractivity contribution in [2.45, 2.75) is 37.6 Å². The van der Waals surface area contributed by atoms with Gasteiger partial charge in [0.05, 0.1) is 22.1 Å². The average Bonchev–Trinajstić information content (AvgIpc) is 2.74. The van der Waals surface area contributed by atoms with Crippen LogP contribution in [0.3, 0.4) is 0 Å². The fraction of sp³-hybridized carbons (Fsp3) is 0.364. The SMILES string of the molecule is CC(C)NC(=O)c1ccccc1NC(=O)C1CCCN(S(=O)(=O)c2ccc(F)cc2)C1. The van der Waals surface area contributed by atoms with Crippen LogP contribution in [0.25, 0.3) is 0 Å². The smallest absolute Gasteiger partial charge is 0.253 e. The van der Waals surface area contributed by atoms with Crippen molar-refractivity contribution < 1.29 is 22.4 Å². The number of anilines is 1. The van der Waals surface area contributed by atoms with Gasteiger partial charge in [-0.15, -0.1) is 0 Å². The summed E-state index contributed by atoms with van der Waals surface area (Å²) in [5.74, 6) is -1.72. The van der Waals surface area contributed by atoms with E-state index in [1.54, 1.807) is 24.3 Å². The minimum atomic E-state index is -3.83. The first-order chi connectivity index (χ1) is 14.7. The van der Waals surface area contributed by atoms with Crippen molar-refractivity contribution >= 4 is 27.5 Å². The molecule has 1 aliphatic rings. The zero-order valence-corrected chi connectivity index (χ0v) is 18.3. The molecule has 1 heterocycles. The summed E-state index contributed by atoms with van der Waals surface area (Å²) >= 11 is 0. The molecule has 166 valence electrons. The Morgan fingerprint density at radius 2 is 1.77 bits per heavy atom. The second kappa shape index (κ2) is 9.57. The van der Waals surface area contributed by atoms with Crippen LogP contribution in [-0.2, 0) is 14.8 Å². The van der Waals surface area contributed by atoms with Gasteiger partial charge in [-0.2, -0.15) is 4.31 Å². The van der Waals surface area contributed by atoms with Crippen molar-refractivity contribution in [2.24, 2.45) is 5.92 Å². The minimum absolute atomic E-state index is 0.00865. The summed E-state index contributed by atoms with van der Waals surface area (Å²) in [6.45, 7) is 4.00. The number of halogens is 1. The Morgan fingerprint density at radius 3 is 2.45 bits per heavy atom. The lowest BCUT2D eigenvalue weighted by atomic mass is 9.98. The molecule has 0 saturated carbocycles. The van der Waals surface area contributed by atoms with E-state index in [0.29, 0.717) is 24.1 Å². The molecule has 0 aromatic heterocycles. The van der Waals surface area contributed by atoms with Gasteiger partial charge < -0.3 is 10.6 Å². The van der Waals surface area contributed by atoms with E-state index in [-0.39, 0.29) is 35.8 Å². The summed E-state index contributed by atoms with van der Waals surface area (Å²) in [7, 11) is -3.83. The van der Waals surface area contributed by atoms with Crippen LogP contribution in [0.15, 0.2) is 53.4 Å². The number of piperidine rings is 1. The topological polar surface area (TPSA) is 95.6 Å². The third-order valence-corrected chi connectivity index (χ3v) is 6.94. The number of hydrogen-bond acceptors (Lipinski definition) is 4. The maximum absolute atomic E-state index is 13.2. The van der Waals surface area contributed by atoms with Crippen LogP contribution in [-0.4, -0.2) is 43.7 Å². The number of hydrogen-bond donors (Lipinski definition) is 2. The first kappa shape index (κ1) is 22.9. The summed E-state index contributed by atoms with van der Waals surface area (Å²) in [5, 5.41) is 5.58. The number of carbonyl (C=O) groups excluding carboxylic acids is 2. The van der Waals surface area contributed by atoms with E-state index in [2.05, 4.69) is 10.6 Å². The number of sulfonamides is 1. The Bertz CT molecular complexity index is 1050. The fourth-order valence-electron chi connectivity index (χ4n) is 3.50. The zero-order chi connectivity index (χ0) is 22.6. The third kappa shape index (κ3) is 5.48. The minimum Gasteiger partial charge on any atom is -0.350 e. The van der Waals surface area contributed by atoms with Gasteiger partial charge in [0.1, 0.15) is 5.82 Å². The molecular weight excluding hydrogens is 421 g/mol. The van der Waals surface area contributed by atoms with Crippen molar-refractivity contribution in [3.63, 3.8) is 0 Å². The highest BCUT2D eigenvalue weighted by molar-refractivity contribution is 7.89. The van der Waals surface area contributed by atoms with Gasteiger partial charge >= 0.3 is 0 Å². The predicted octanol–water partition coefficient (Wildman–Crippen LogP) is 3.00. The van der Waals surface area contributed by atoms with Gasteiger partial charge in [0.25, 0.3) is 5.91 Å². The van der Waals surface area contributed by atoms with E-state index in [9.17, 15) is 22.4 Å². The highest BCUT2D eigenvalue weighted by atomic mass is 32.2.